The molecule has 3 rings (SSSR count). The zero-order valence-corrected chi connectivity index (χ0v) is 13.9. The van der Waals surface area contributed by atoms with E-state index in [0.717, 1.165) is 19.6 Å². The smallest absolute Gasteiger partial charge is 0.423 e. The van der Waals surface area contributed by atoms with Crippen LogP contribution in [0.25, 0.3) is 0 Å². The summed E-state index contributed by atoms with van der Waals surface area (Å²) < 4.78 is 0. The van der Waals surface area contributed by atoms with Gasteiger partial charge in [0.1, 0.15) is 0 Å². The summed E-state index contributed by atoms with van der Waals surface area (Å²) in [7, 11) is -1.48. The van der Waals surface area contributed by atoms with Crippen molar-refractivity contribution in [3.63, 3.8) is 0 Å². The fourth-order valence-electron chi connectivity index (χ4n) is 2.12. The summed E-state index contributed by atoms with van der Waals surface area (Å²) in [6.07, 6.45) is 0. The van der Waals surface area contributed by atoms with Crippen LogP contribution in [0.1, 0.15) is 0 Å². The fraction of sp³-hybridized carbons (Fsp3) is 0. The number of hydrogen-bond donors (Lipinski definition) is 2. The molecular formula is C18H15BO2S2. The molecule has 0 radical (unpaired) electrons. The van der Waals surface area contributed by atoms with Crippen LogP contribution < -0.4 is 5.46 Å². The zero-order chi connectivity index (χ0) is 16.1. The molecule has 3 aromatic carbocycles. The first-order chi connectivity index (χ1) is 11.2. The summed E-state index contributed by atoms with van der Waals surface area (Å²) in [6, 6.07) is 25.8. The molecular weight excluding hydrogens is 323 g/mol. The van der Waals surface area contributed by atoms with Gasteiger partial charge in [-0.1, -0.05) is 66.0 Å². The minimum absolute atomic E-state index is 0.524. The molecule has 0 atom stereocenters. The highest BCUT2D eigenvalue weighted by molar-refractivity contribution is 8.00. The molecule has 2 nitrogen and oxygen atoms in total. The molecule has 0 amide bonds. The first-order valence-electron chi connectivity index (χ1n) is 7.18. The van der Waals surface area contributed by atoms with Crippen LogP contribution in [0, 0.1) is 0 Å². The minimum Gasteiger partial charge on any atom is -0.423 e. The van der Waals surface area contributed by atoms with Gasteiger partial charge in [0.05, 0.1) is 0 Å². The third-order valence-electron chi connectivity index (χ3n) is 3.21. The van der Waals surface area contributed by atoms with E-state index in [-0.39, 0.29) is 0 Å². The van der Waals surface area contributed by atoms with Crippen LogP contribution in [0.15, 0.2) is 98.4 Å². The van der Waals surface area contributed by atoms with Gasteiger partial charge >= 0.3 is 7.12 Å². The monoisotopic (exact) mass is 338 g/mol. The average Bonchev–Trinajstić information content (AvgIpc) is 2.57. The fourth-order valence-corrected chi connectivity index (χ4v) is 4.10. The van der Waals surface area contributed by atoms with Gasteiger partial charge in [0, 0.05) is 19.6 Å². The molecule has 0 heterocycles. The maximum absolute atomic E-state index is 9.60. The summed E-state index contributed by atoms with van der Waals surface area (Å²) in [5.74, 6) is 0. The Morgan fingerprint density at radius 2 is 1.17 bits per heavy atom. The van der Waals surface area contributed by atoms with Crippen molar-refractivity contribution in [1.82, 2.24) is 0 Å². The Hall–Kier alpha value is -1.66. The lowest BCUT2D eigenvalue weighted by Gasteiger charge is -2.11. The van der Waals surface area contributed by atoms with E-state index in [0.29, 0.717) is 5.46 Å². The zero-order valence-electron chi connectivity index (χ0n) is 12.3. The second-order valence-corrected chi connectivity index (χ2v) is 7.17. The second-order valence-electron chi connectivity index (χ2n) is 4.90. The second kappa shape index (κ2) is 7.75. The summed E-state index contributed by atoms with van der Waals surface area (Å²) in [5, 5.41) is 19.2. The van der Waals surface area contributed by atoms with Crippen LogP contribution in [0.2, 0.25) is 0 Å². The van der Waals surface area contributed by atoms with Crippen LogP contribution in [0.4, 0.5) is 0 Å². The third kappa shape index (κ3) is 4.42. The molecule has 0 unspecified atom stereocenters. The maximum Gasteiger partial charge on any atom is 0.489 e. The summed E-state index contributed by atoms with van der Waals surface area (Å²) in [4.78, 5) is 4.14. The van der Waals surface area contributed by atoms with Crippen molar-refractivity contribution in [3.05, 3.63) is 78.9 Å². The van der Waals surface area contributed by atoms with Crippen molar-refractivity contribution in [1.29, 1.82) is 0 Å². The van der Waals surface area contributed by atoms with Gasteiger partial charge in [-0.15, -0.1) is 0 Å². The van der Waals surface area contributed by atoms with Gasteiger partial charge in [0.2, 0.25) is 0 Å². The Labute approximate surface area is 144 Å². The van der Waals surface area contributed by atoms with E-state index >= 15 is 0 Å². The van der Waals surface area contributed by atoms with Gasteiger partial charge in [0.25, 0.3) is 0 Å². The Morgan fingerprint density at radius 3 is 1.74 bits per heavy atom. The van der Waals surface area contributed by atoms with Gasteiger partial charge < -0.3 is 10.0 Å². The lowest BCUT2D eigenvalue weighted by atomic mass is 9.80. The van der Waals surface area contributed by atoms with Crippen molar-refractivity contribution in [2.45, 2.75) is 19.6 Å². The van der Waals surface area contributed by atoms with Crippen molar-refractivity contribution in [2.24, 2.45) is 0 Å². The van der Waals surface area contributed by atoms with E-state index < -0.39 is 7.12 Å². The van der Waals surface area contributed by atoms with E-state index in [4.69, 9.17) is 0 Å². The predicted molar refractivity (Wildman–Crippen MR) is 97.4 cm³/mol. The molecule has 0 aliphatic heterocycles. The van der Waals surface area contributed by atoms with Gasteiger partial charge in [-0.05, 0) is 41.9 Å². The molecule has 3 aromatic rings. The highest BCUT2D eigenvalue weighted by atomic mass is 32.2. The average molecular weight is 338 g/mol. The molecule has 0 spiro atoms. The van der Waals surface area contributed by atoms with Crippen molar-refractivity contribution < 1.29 is 10.0 Å². The topological polar surface area (TPSA) is 40.5 Å². The van der Waals surface area contributed by atoms with E-state index in [1.54, 1.807) is 17.8 Å². The Balaban J connectivity index is 1.90. The number of hydrogen-bond acceptors (Lipinski definition) is 4. The van der Waals surface area contributed by atoms with Crippen LogP contribution in [-0.2, 0) is 0 Å². The maximum atomic E-state index is 9.60. The third-order valence-corrected chi connectivity index (χ3v) is 5.29. The van der Waals surface area contributed by atoms with Crippen LogP contribution in [0.5, 0.6) is 0 Å². The molecule has 0 aliphatic rings. The first kappa shape index (κ1) is 16.2. The normalized spacial score (nSPS) is 10.5. The van der Waals surface area contributed by atoms with Crippen LogP contribution in [0.3, 0.4) is 0 Å². The molecule has 114 valence electrons. The molecule has 5 heteroatoms. The van der Waals surface area contributed by atoms with Crippen LogP contribution >= 0.6 is 23.5 Å². The molecule has 0 aromatic heterocycles. The molecule has 2 N–H and O–H groups in total. The van der Waals surface area contributed by atoms with Crippen LogP contribution in [-0.4, -0.2) is 17.2 Å². The summed E-state index contributed by atoms with van der Waals surface area (Å²) >= 11 is 3.19. The summed E-state index contributed by atoms with van der Waals surface area (Å²) in [5.41, 5.74) is 0.524. The quantitative estimate of drug-likeness (QED) is 0.697. The lowest BCUT2D eigenvalue weighted by Crippen LogP contribution is -2.31. The predicted octanol–water partition coefficient (Wildman–Crippen LogP) is 3.67. The molecule has 0 fully saturated rings. The van der Waals surface area contributed by atoms with Crippen molar-refractivity contribution in [2.75, 3.05) is 0 Å². The SMILES string of the molecule is OB(O)c1ccc(Sc2ccccc2)cc1Sc1ccccc1. The molecule has 0 saturated carbocycles. The summed E-state index contributed by atoms with van der Waals surface area (Å²) in [6.45, 7) is 0. The molecule has 0 aliphatic carbocycles. The Kier molecular flexibility index (Phi) is 5.46. The van der Waals surface area contributed by atoms with Gasteiger partial charge in [-0.25, -0.2) is 0 Å². The van der Waals surface area contributed by atoms with E-state index in [1.807, 2.05) is 60.7 Å². The number of rotatable bonds is 5. The molecule has 23 heavy (non-hydrogen) atoms. The number of benzene rings is 3. The van der Waals surface area contributed by atoms with Crippen molar-refractivity contribution >= 4 is 36.1 Å². The van der Waals surface area contributed by atoms with E-state index in [2.05, 4.69) is 12.1 Å². The molecule has 0 saturated heterocycles. The lowest BCUT2D eigenvalue weighted by molar-refractivity contribution is 0.425. The van der Waals surface area contributed by atoms with Crippen molar-refractivity contribution in [3.8, 4) is 0 Å². The highest BCUT2D eigenvalue weighted by Gasteiger charge is 2.17. The van der Waals surface area contributed by atoms with E-state index in [1.165, 1.54) is 11.8 Å². The highest BCUT2D eigenvalue weighted by Crippen LogP contribution is 2.32. The standard InChI is InChI=1S/C18H15BO2S2/c20-19(21)17-12-11-16(22-14-7-3-1-4-8-14)13-18(17)23-15-9-5-2-6-10-15/h1-13,20-21H. The van der Waals surface area contributed by atoms with Gasteiger partial charge in [0.15, 0.2) is 0 Å². The Morgan fingerprint density at radius 1 is 0.609 bits per heavy atom. The molecule has 0 bridgehead atoms. The first-order valence-corrected chi connectivity index (χ1v) is 8.81. The minimum atomic E-state index is -1.48. The van der Waals surface area contributed by atoms with E-state index in [9.17, 15) is 10.0 Å². The Bertz CT molecular complexity index is 764. The largest absolute Gasteiger partial charge is 0.489 e. The van der Waals surface area contributed by atoms with Gasteiger partial charge in [-0.2, -0.15) is 0 Å². The van der Waals surface area contributed by atoms with Gasteiger partial charge in [-0.3, -0.25) is 0 Å².